The van der Waals surface area contributed by atoms with Gasteiger partial charge < -0.3 is 19.8 Å². The molecule has 0 N–H and O–H groups in total. The average molecular weight is 218 g/mol. The summed E-state index contributed by atoms with van der Waals surface area (Å²) in [5.41, 5.74) is -1.80. The van der Waals surface area contributed by atoms with E-state index in [1.165, 1.54) is 6.92 Å². The molecule has 0 heterocycles. The van der Waals surface area contributed by atoms with Gasteiger partial charge in [-0.2, -0.15) is 0 Å². The van der Waals surface area contributed by atoms with Gasteiger partial charge in [0.25, 0.3) is 0 Å². The van der Waals surface area contributed by atoms with Crippen LogP contribution in [0.4, 0.5) is 0 Å². The molecule has 14 heavy (non-hydrogen) atoms. The van der Waals surface area contributed by atoms with Crippen molar-refractivity contribution in [1.29, 1.82) is 0 Å². The molecule has 70 valence electrons. The first-order valence-electron chi connectivity index (χ1n) is 3.94. The van der Waals surface area contributed by atoms with Crippen molar-refractivity contribution in [2.45, 2.75) is 33.1 Å². The molecule has 4 nitrogen and oxygen atoms in total. The maximum absolute atomic E-state index is 10.6. The molecule has 0 atom stereocenters. The van der Waals surface area contributed by atoms with Crippen molar-refractivity contribution in [3.8, 4) is 0 Å². The molecule has 0 bridgehead atoms. The van der Waals surface area contributed by atoms with E-state index in [1.807, 2.05) is 0 Å². The predicted octanol–water partition coefficient (Wildman–Crippen LogP) is -7.31. The summed E-state index contributed by atoms with van der Waals surface area (Å²) in [6.07, 6.45) is 0.551. The minimum absolute atomic E-state index is 0. The number of carboxylic acid groups (broad SMARTS) is 2. The van der Waals surface area contributed by atoms with Gasteiger partial charge in [0, 0.05) is 5.41 Å². The van der Waals surface area contributed by atoms with Gasteiger partial charge in [-0.25, -0.2) is 0 Å². The van der Waals surface area contributed by atoms with Gasteiger partial charge in [0.1, 0.15) is 0 Å². The first-order chi connectivity index (χ1) is 5.51. The molecule has 0 aliphatic carbocycles. The van der Waals surface area contributed by atoms with Gasteiger partial charge in [-0.05, 0) is 12.8 Å². The van der Waals surface area contributed by atoms with Gasteiger partial charge in [0.15, 0.2) is 0 Å². The van der Waals surface area contributed by atoms with Gasteiger partial charge in [-0.3, -0.25) is 0 Å². The topological polar surface area (TPSA) is 80.3 Å². The van der Waals surface area contributed by atoms with Gasteiger partial charge in [-0.15, -0.1) is 0 Å². The molecule has 0 aliphatic rings. The largest absolute Gasteiger partial charge is 1.00 e. The fourth-order valence-corrected chi connectivity index (χ4v) is 1.18. The third-order valence-electron chi connectivity index (χ3n) is 2.06. The quantitative estimate of drug-likeness (QED) is 0.339. The van der Waals surface area contributed by atoms with E-state index < -0.39 is 17.4 Å². The van der Waals surface area contributed by atoms with Crippen LogP contribution < -0.4 is 69.3 Å². The molecule has 0 saturated heterocycles. The van der Waals surface area contributed by atoms with E-state index in [9.17, 15) is 19.8 Å². The van der Waals surface area contributed by atoms with Crippen LogP contribution in [0.2, 0.25) is 0 Å². The summed E-state index contributed by atoms with van der Waals surface area (Å²) < 4.78 is 0. The van der Waals surface area contributed by atoms with E-state index in [0.717, 1.165) is 0 Å². The van der Waals surface area contributed by atoms with Crippen LogP contribution >= 0.6 is 0 Å². The molecule has 0 aromatic heterocycles. The molecular formula is C8H12Na2O4. The van der Waals surface area contributed by atoms with Gasteiger partial charge in [-0.1, -0.05) is 20.3 Å². The Hall–Kier alpha value is 0.940. The molecule has 0 rings (SSSR count). The first kappa shape index (κ1) is 20.4. The molecule has 6 heteroatoms. The second-order valence-electron chi connectivity index (χ2n) is 2.76. The summed E-state index contributed by atoms with van der Waals surface area (Å²) in [4.78, 5) is 21.1. The summed E-state index contributed by atoms with van der Waals surface area (Å²) >= 11 is 0. The van der Waals surface area contributed by atoms with E-state index in [2.05, 4.69) is 0 Å². The second kappa shape index (κ2) is 9.19. The Morgan fingerprint density at radius 1 is 1.07 bits per heavy atom. The van der Waals surface area contributed by atoms with Crippen LogP contribution in [0.25, 0.3) is 0 Å². The Balaban J connectivity index is -0.000000605. The van der Waals surface area contributed by atoms with E-state index in [0.29, 0.717) is 6.42 Å². The zero-order chi connectivity index (χ0) is 9.78. The third-order valence-corrected chi connectivity index (χ3v) is 2.06. The van der Waals surface area contributed by atoms with Gasteiger partial charge >= 0.3 is 59.1 Å². The minimum Gasteiger partial charge on any atom is -0.549 e. The maximum atomic E-state index is 10.6. The third kappa shape index (κ3) is 4.64. The number of hydrogen-bond acceptors (Lipinski definition) is 4. The Kier molecular flexibility index (Phi) is 13.4. The fourth-order valence-electron chi connectivity index (χ4n) is 1.18. The maximum Gasteiger partial charge on any atom is 1.00 e. The number of rotatable bonds is 5. The normalized spacial score (nSPS) is 9.57. The molecule has 0 amide bonds. The number of hydrogen-bond donors (Lipinski definition) is 0. The zero-order valence-electron chi connectivity index (χ0n) is 9.25. The molecule has 0 aromatic carbocycles. The zero-order valence-corrected chi connectivity index (χ0v) is 13.3. The number of carbonyl (C=O) groups excluding carboxylic acids is 2. The molecule has 0 saturated carbocycles. The first-order valence-corrected chi connectivity index (χ1v) is 3.94. The summed E-state index contributed by atoms with van der Waals surface area (Å²) in [5.74, 6) is -3.10. The van der Waals surface area contributed by atoms with E-state index in [1.54, 1.807) is 6.92 Å². The smallest absolute Gasteiger partial charge is 0.549 e. The standard InChI is InChI=1S/C8H14O4.2Na/c1-3-5-8(4-2,6(9)10)7(11)12;;/h3-5H2,1-2H3,(H,9,10)(H,11,12);;/q;2*+1/p-2. The molecule has 0 spiro atoms. The Morgan fingerprint density at radius 3 is 1.50 bits per heavy atom. The predicted molar refractivity (Wildman–Crippen MR) is 37.6 cm³/mol. The molecule has 0 radical (unpaired) electrons. The molecule has 0 unspecified atom stereocenters. The molecule has 0 fully saturated rings. The Labute approximate surface area is 128 Å². The second-order valence-corrected chi connectivity index (χ2v) is 2.76. The van der Waals surface area contributed by atoms with Crippen LogP contribution in [0.1, 0.15) is 33.1 Å². The molecule has 0 aliphatic heterocycles. The summed E-state index contributed by atoms with van der Waals surface area (Å²) in [6.45, 7) is 3.22. The Morgan fingerprint density at radius 2 is 1.43 bits per heavy atom. The van der Waals surface area contributed by atoms with Crippen molar-refractivity contribution in [1.82, 2.24) is 0 Å². The summed E-state index contributed by atoms with van der Waals surface area (Å²) in [7, 11) is 0. The van der Waals surface area contributed by atoms with E-state index >= 15 is 0 Å². The molecular weight excluding hydrogens is 206 g/mol. The summed E-state index contributed by atoms with van der Waals surface area (Å²) in [5, 5.41) is 21.1. The van der Waals surface area contributed by atoms with Crippen molar-refractivity contribution in [3.05, 3.63) is 0 Å². The monoisotopic (exact) mass is 218 g/mol. The van der Waals surface area contributed by atoms with Crippen LogP contribution in [-0.4, -0.2) is 11.9 Å². The fraction of sp³-hybridized carbons (Fsp3) is 0.750. The van der Waals surface area contributed by atoms with Crippen LogP contribution in [-0.2, 0) is 9.59 Å². The van der Waals surface area contributed by atoms with E-state index in [4.69, 9.17) is 0 Å². The minimum atomic E-state index is -1.80. The van der Waals surface area contributed by atoms with Crippen LogP contribution in [0.3, 0.4) is 0 Å². The van der Waals surface area contributed by atoms with Gasteiger partial charge in [0.05, 0.1) is 11.9 Å². The van der Waals surface area contributed by atoms with Crippen LogP contribution in [0.5, 0.6) is 0 Å². The SMILES string of the molecule is CCCC(CC)(C(=O)[O-])C(=O)[O-].[Na+].[Na+]. The number of aliphatic carboxylic acids is 2. The van der Waals surface area contributed by atoms with Gasteiger partial charge in [0.2, 0.25) is 0 Å². The van der Waals surface area contributed by atoms with Crippen molar-refractivity contribution in [3.63, 3.8) is 0 Å². The number of carboxylic acids is 2. The average Bonchev–Trinajstić information content (AvgIpc) is 1.98. The van der Waals surface area contributed by atoms with Crippen molar-refractivity contribution >= 4 is 11.9 Å². The van der Waals surface area contributed by atoms with Crippen molar-refractivity contribution in [2.75, 3.05) is 0 Å². The van der Waals surface area contributed by atoms with Crippen molar-refractivity contribution in [2.24, 2.45) is 5.41 Å². The van der Waals surface area contributed by atoms with Crippen molar-refractivity contribution < 1.29 is 78.9 Å². The van der Waals surface area contributed by atoms with Crippen LogP contribution in [0, 0.1) is 5.41 Å². The summed E-state index contributed by atoms with van der Waals surface area (Å²) in [6, 6.07) is 0. The Bertz CT molecular complexity index is 180. The number of carbonyl (C=O) groups is 2. The van der Waals surface area contributed by atoms with E-state index in [-0.39, 0.29) is 72.0 Å². The molecule has 0 aromatic rings. The van der Waals surface area contributed by atoms with Crippen LogP contribution in [0.15, 0.2) is 0 Å².